The lowest BCUT2D eigenvalue weighted by atomic mass is 10.1. The molecule has 2 N–H and O–H groups in total. The van der Waals surface area contributed by atoms with E-state index in [9.17, 15) is 0 Å². The number of hydrogen-bond donors (Lipinski definition) is 1. The molecule has 0 saturated carbocycles. The maximum atomic E-state index is 5.81. The van der Waals surface area contributed by atoms with Gasteiger partial charge in [0.05, 0.1) is 6.61 Å². The van der Waals surface area contributed by atoms with Crippen LogP contribution in [0.15, 0.2) is 0 Å². The molecule has 84 valence electrons. The molecule has 0 spiro atoms. The van der Waals surface area contributed by atoms with Gasteiger partial charge in [0.2, 0.25) is 0 Å². The molecule has 1 rings (SSSR count). The predicted molar refractivity (Wildman–Crippen MR) is 59.3 cm³/mol. The maximum Gasteiger partial charge on any atom is 0.0593 e. The summed E-state index contributed by atoms with van der Waals surface area (Å²) in [7, 11) is 0. The molecule has 0 bridgehead atoms. The normalized spacial score (nSPS) is 23.6. The summed E-state index contributed by atoms with van der Waals surface area (Å²) in [5.74, 6) is 0.746. The van der Waals surface area contributed by atoms with Gasteiger partial charge in [0.15, 0.2) is 0 Å². The Kier molecular flexibility index (Phi) is 5.45. The Hall–Kier alpha value is -0.120. The average molecular weight is 200 g/mol. The lowest BCUT2D eigenvalue weighted by molar-refractivity contribution is 0.102. The molecular weight excluding hydrogens is 176 g/mol. The number of nitrogens with two attached hydrogens (primary N) is 1. The molecule has 1 aliphatic heterocycles. The largest absolute Gasteiger partial charge is 0.380 e. The van der Waals surface area contributed by atoms with Gasteiger partial charge in [-0.2, -0.15) is 0 Å². The Bertz CT molecular complexity index is 150. The van der Waals surface area contributed by atoms with E-state index in [0.29, 0.717) is 6.04 Å². The Labute approximate surface area is 87.6 Å². The van der Waals surface area contributed by atoms with Crippen molar-refractivity contribution in [1.29, 1.82) is 0 Å². The van der Waals surface area contributed by atoms with E-state index in [4.69, 9.17) is 10.5 Å². The van der Waals surface area contributed by atoms with Crippen LogP contribution in [0.2, 0.25) is 0 Å². The molecule has 0 amide bonds. The SMILES string of the molecule is CC(C)CCOCCN1CC[C@@H](N)C1. The van der Waals surface area contributed by atoms with Gasteiger partial charge >= 0.3 is 0 Å². The lowest BCUT2D eigenvalue weighted by Crippen LogP contribution is -2.29. The molecular formula is C11H24N2O. The number of nitrogens with zero attached hydrogens (tertiary/aromatic N) is 1. The smallest absolute Gasteiger partial charge is 0.0593 e. The lowest BCUT2D eigenvalue weighted by Gasteiger charge is -2.15. The van der Waals surface area contributed by atoms with Crippen LogP contribution in [0, 0.1) is 5.92 Å². The summed E-state index contributed by atoms with van der Waals surface area (Å²) >= 11 is 0. The van der Waals surface area contributed by atoms with Crippen molar-refractivity contribution in [2.24, 2.45) is 11.7 Å². The van der Waals surface area contributed by atoms with Crippen LogP contribution < -0.4 is 5.73 Å². The molecule has 3 heteroatoms. The second kappa shape index (κ2) is 6.38. The molecule has 0 aromatic heterocycles. The third kappa shape index (κ3) is 4.94. The summed E-state index contributed by atoms with van der Waals surface area (Å²) in [6, 6.07) is 0.394. The first-order valence-electron chi connectivity index (χ1n) is 5.74. The second-order valence-electron chi connectivity index (χ2n) is 4.64. The molecule has 1 saturated heterocycles. The van der Waals surface area contributed by atoms with Gasteiger partial charge in [-0.05, 0) is 25.3 Å². The Balaban J connectivity index is 1.89. The Morgan fingerprint density at radius 1 is 1.43 bits per heavy atom. The predicted octanol–water partition coefficient (Wildman–Crippen LogP) is 1.08. The summed E-state index contributed by atoms with van der Waals surface area (Å²) in [6.07, 6.45) is 2.31. The molecule has 0 aromatic carbocycles. The van der Waals surface area contributed by atoms with E-state index in [1.165, 1.54) is 6.42 Å². The van der Waals surface area contributed by atoms with Gasteiger partial charge in [0.25, 0.3) is 0 Å². The fourth-order valence-corrected chi connectivity index (χ4v) is 1.68. The van der Waals surface area contributed by atoms with Gasteiger partial charge in [-0.1, -0.05) is 13.8 Å². The highest BCUT2D eigenvalue weighted by Crippen LogP contribution is 2.06. The van der Waals surface area contributed by atoms with E-state index in [2.05, 4.69) is 18.7 Å². The zero-order valence-corrected chi connectivity index (χ0v) is 9.54. The van der Waals surface area contributed by atoms with E-state index < -0.39 is 0 Å². The van der Waals surface area contributed by atoms with Crippen molar-refractivity contribution in [2.75, 3.05) is 32.8 Å². The highest BCUT2D eigenvalue weighted by atomic mass is 16.5. The van der Waals surface area contributed by atoms with E-state index in [0.717, 1.165) is 45.2 Å². The number of hydrogen-bond acceptors (Lipinski definition) is 3. The van der Waals surface area contributed by atoms with Gasteiger partial charge in [-0.15, -0.1) is 0 Å². The second-order valence-corrected chi connectivity index (χ2v) is 4.64. The van der Waals surface area contributed by atoms with Crippen LogP contribution in [0.4, 0.5) is 0 Å². The zero-order chi connectivity index (χ0) is 10.4. The number of ether oxygens (including phenoxy) is 1. The fraction of sp³-hybridized carbons (Fsp3) is 1.00. The van der Waals surface area contributed by atoms with Crippen molar-refractivity contribution < 1.29 is 4.74 Å². The van der Waals surface area contributed by atoms with Crippen LogP contribution in [0.3, 0.4) is 0 Å². The number of rotatable bonds is 6. The molecule has 1 fully saturated rings. The van der Waals surface area contributed by atoms with Gasteiger partial charge < -0.3 is 10.5 Å². The first kappa shape index (κ1) is 12.0. The topological polar surface area (TPSA) is 38.5 Å². The van der Waals surface area contributed by atoms with Crippen molar-refractivity contribution in [1.82, 2.24) is 4.90 Å². The third-order valence-electron chi connectivity index (χ3n) is 2.70. The standard InChI is InChI=1S/C11H24N2O/c1-10(2)4-7-14-8-6-13-5-3-11(12)9-13/h10-11H,3-9,12H2,1-2H3/t11-/m1/s1. The quantitative estimate of drug-likeness (QED) is 0.652. The summed E-state index contributed by atoms with van der Waals surface area (Å²) in [6.45, 7) is 9.46. The molecule has 0 radical (unpaired) electrons. The molecule has 0 unspecified atom stereocenters. The van der Waals surface area contributed by atoms with Gasteiger partial charge in [0, 0.05) is 25.7 Å². The van der Waals surface area contributed by atoms with Gasteiger partial charge in [0.1, 0.15) is 0 Å². The monoisotopic (exact) mass is 200 g/mol. The van der Waals surface area contributed by atoms with Crippen LogP contribution in [0.25, 0.3) is 0 Å². The van der Waals surface area contributed by atoms with Crippen molar-refractivity contribution in [3.63, 3.8) is 0 Å². The average Bonchev–Trinajstić information content (AvgIpc) is 2.50. The third-order valence-corrected chi connectivity index (χ3v) is 2.70. The van der Waals surface area contributed by atoms with E-state index >= 15 is 0 Å². The van der Waals surface area contributed by atoms with Crippen LogP contribution >= 0.6 is 0 Å². The van der Waals surface area contributed by atoms with Crippen LogP contribution in [-0.4, -0.2) is 43.8 Å². The number of likely N-dealkylation sites (tertiary alicyclic amines) is 1. The molecule has 1 aliphatic rings. The van der Waals surface area contributed by atoms with Crippen molar-refractivity contribution in [2.45, 2.75) is 32.7 Å². The van der Waals surface area contributed by atoms with Gasteiger partial charge in [-0.3, -0.25) is 4.90 Å². The van der Waals surface area contributed by atoms with Gasteiger partial charge in [-0.25, -0.2) is 0 Å². The summed E-state index contributed by atoms with van der Waals surface area (Å²) in [4.78, 5) is 2.39. The molecule has 0 aromatic rings. The zero-order valence-electron chi connectivity index (χ0n) is 9.54. The molecule has 1 atom stereocenters. The minimum absolute atomic E-state index is 0.394. The maximum absolute atomic E-state index is 5.81. The van der Waals surface area contributed by atoms with E-state index in [1.807, 2.05) is 0 Å². The highest BCUT2D eigenvalue weighted by molar-refractivity contribution is 4.77. The van der Waals surface area contributed by atoms with Crippen molar-refractivity contribution in [3.05, 3.63) is 0 Å². The van der Waals surface area contributed by atoms with Crippen molar-refractivity contribution in [3.8, 4) is 0 Å². The Morgan fingerprint density at radius 3 is 2.79 bits per heavy atom. The molecule has 14 heavy (non-hydrogen) atoms. The molecule has 0 aliphatic carbocycles. The highest BCUT2D eigenvalue weighted by Gasteiger charge is 2.17. The van der Waals surface area contributed by atoms with E-state index in [-0.39, 0.29) is 0 Å². The fourth-order valence-electron chi connectivity index (χ4n) is 1.68. The minimum atomic E-state index is 0.394. The minimum Gasteiger partial charge on any atom is -0.380 e. The van der Waals surface area contributed by atoms with E-state index in [1.54, 1.807) is 0 Å². The first-order valence-corrected chi connectivity index (χ1v) is 5.74. The summed E-state index contributed by atoms with van der Waals surface area (Å²) in [5.41, 5.74) is 5.81. The van der Waals surface area contributed by atoms with Crippen molar-refractivity contribution >= 4 is 0 Å². The van der Waals surface area contributed by atoms with Crippen LogP contribution in [0.5, 0.6) is 0 Å². The summed E-state index contributed by atoms with van der Waals surface area (Å²) in [5, 5.41) is 0. The molecule has 3 nitrogen and oxygen atoms in total. The van der Waals surface area contributed by atoms with Crippen LogP contribution in [-0.2, 0) is 4.74 Å². The first-order chi connectivity index (χ1) is 6.68. The molecule has 1 heterocycles. The van der Waals surface area contributed by atoms with Crippen LogP contribution in [0.1, 0.15) is 26.7 Å². The summed E-state index contributed by atoms with van der Waals surface area (Å²) < 4.78 is 5.56. The Morgan fingerprint density at radius 2 is 2.21 bits per heavy atom.